The number of phenols is 1. The Kier molecular flexibility index (Phi) is 5.61. The summed E-state index contributed by atoms with van der Waals surface area (Å²) in [6, 6.07) is 15.8. The van der Waals surface area contributed by atoms with Crippen LogP contribution in [0.25, 0.3) is 0 Å². The summed E-state index contributed by atoms with van der Waals surface area (Å²) in [5, 5.41) is 9.63. The Labute approximate surface area is 114 Å². The highest BCUT2D eigenvalue weighted by Gasteiger charge is 2.15. The van der Waals surface area contributed by atoms with Gasteiger partial charge in [0.05, 0.1) is 5.56 Å². The number of carbonyl (C=O) groups excluding carboxylic acids is 1. The predicted octanol–water partition coefficient (Wildman–Crippen LogP) is 3.70. The van der Waals surface area contributed by atoms with Crippen molar-refractivity contribution in [3.63, 3.8) is 0 Å². The number of nitrogens with zero attached hydrogens (tertiary/aromatic N) is 1. The van der Waals surface area contributed by atoms with Gasteiger partial charge >= 0.3 is 0 Å². The predicted molar refractivity (Wildman–Crippen MR) is 78.6 cm³/mol. The molecular weight excluding hydrogens is 238 g/mol. The summed E-state index contributed by atoms with van der Waals surface area (Å²) in [5.41, 5.74) is 1.10. The first-order chi connectivity index (χ1) is 9.20. The number of anilines is 1. The SMILES string of the molecule is CC.CN(C(=O)c1ccccc1O)c1ccccc1. The Bertz CT molecular complexity index is 523. The van der Waals surface area contributed by atoms with Crippen LogP contribution in [0.4, 0.5) is 5.69 Å². The van der Waals surface area contributed by atoms with Crippen molar-refractivity contribution in [2.75, 3.05) is 11.9 Å². The second kappa shape index (κ2) is 7.21. The van der Waals surface area contributed by atoms with Crippen molar-refractivity contribution >= 4 is 11.6 Å². The van der Waals surface area contributed by atoms with Crippen LogP contribution in [0, 0.1) is 0 Å². The van der Waals surface area contributed by atoms with E-state index in [0.717, 1.165) is 5.69 Å². The van der Waals surface area contributed by atoms with Crippen LogP contribution in [0.2, 0.25) is 0 Å². The maximum absolute atomic E-state index is 12.1. The van der Waals surface area contributed by atoms with Gasteiger partial charge in [0, 0.05) is 12.7 Å². The van der Waals surface area contributed by atoms with E-state index in [4.69, 9.17) is 0 Å². The molecule has 2 rings (SSSR count). The first kappa shape index (κ1) is 14.8. The number of hydrogen-bond acceptors (Lipinski definition) is 2. The summed E-state index contributed by atoms with van der Waals surface area (Å²) in [5.74, 6) is -0.227. The Balaban J connectivity index is 0.000000861. The molecule has 0 unspecified atom stereocenters. The summed E-state index contributed by atoms with van der Waals surface area (Å²) in [4.78, 5) is 13.6. The molecule has 0 aliphatic rings. The average Bonchev–Trinajstić information content (AvgIpc) is 2.49. The van der Waals surface area contributed by atoms with Gasteiger partial charge in [0.2, 0.25) is 0 Å². The molecule has 3 nitrogen and oxygen atoms in total. The van der Waals surface area contributed by atoms with Gasteiger partial charge in [0.25, 0.3) is 5.91 Å². The summed E-state index contributed by atoms with van der Waals surface area (Å²) in [6.07, 6.45) is 0. The zero-order valence-corrected chi connectivity index (χ0v) is 11.5. The van der Waals surface area contributed by atoms with E-state index in [9.17, 15) is 9.90 Å². The van der Waals surface area contributed by atoms with Crippen LogP contribution in [0.1, 0.15) is 24.2 Å². The largest absolute Gasteiger partial charge is 0.507 e. The fourth-order valence-corrected chi connectivity index (χ4v) is 1.60. The van der Waals surface area contributed by atoms with Crippen LogP contribution in [0.15, 0.2) is 54.6 Å². The number of amides is 1. The van der Waals surface area contributed by atoms with Gasteiger partial charge in [0.1, 0.15) is 5.75 Å². The van der Waals surface area contributed by atoms with Crippen LogP contribution in [0.3, 0.4) is 0 Å². The fraction of sp³-hybridized carbons (Fsp3) is 0.188. The molecule has 1 N–H and O–H groups in total. The molecule has 0 spiro atoms. The maximum Gasteiger partial charge on any atom is 0.261 e. The molecule has 0 fully saturated rings. The second-order valence-corrected chi connectivity index (χ2v) is 3.72. The third-order valence-corrected chi connectivity index (χ3v) is 2.58. The number of benzene rings is 2. The molecule has 19 heavy (non-hydrogen) atoms. The van der Waals surface area contributed by atoms with Crippen molar-refractivity contribution in [2.24, 2.45) is 0 Å². The topological polar surface area (TPSA) is 40.5 Å². The van der Waals surface area contributed by atoms with Crippen LogP contribution in [-0.4, -0.2) is 18.1 Å². The number of carbonyl (C=O) groups is 1. The Morgan fingerprint density at radius 2 is 1.47 bits per heavy atom. The van der Waals surface area contributed by atoms with Gasteiger partial charge in [-0.25, -0.2) is 0 Å². The lowest BCUT2D eigenvalue weighted by atomic mass is 10.1. The monoisotopic (exact) mass is 257 g/mol. The molecule has 3 heteroatoms. The Morgan fingerprint density at radius 3 is 2.05 bits per heavy atom. The van der Waals surface area contributed by atoms with Crippen LogP contribution >= 0.6 is 0 Å². The summed E-state index contributed by atoms with van der Waals surface area (Å²) in [7, 11) is 1.68. The molecule has 0 aliphatic heterocycles. The molecule has 0 radical (unpaired) electrons. The van der Waals surface area contributed by atoms with Crippen LogP contribution in [0.5, 0.6) is 5.75 Å². The molecule has 0 saturated heterocycles. The minimum Gasteiger partial charge on any atom is -0.507 e. The van der Waals surface area contributed by atoms with E-state index in [2.05, 4.69) is 0 Å². The normalized spacial score (nSPS) is 9.21. The van der Waals surface area contributed by atoms with Gasteiger partial charge in [0.15, 0.2) is 0 Å². The first-order valence-electron chi connectivity index (χ1n) is 6.31. The highest BCUT2D eigenvalue weighted by atomic mass is 16.3. The molecule has 0 aromatic heterocycles. The molecule has 0 bridgehead atoms. The molecular formula is C16H19NO2. The van der Waals surface area contributed by atoms with Crippen molar-refractivity contribution in [2.45, 2.75) is 13.8 Å². The molecule has 0 atom stereocenters. The van der Waals surface area contributed by atoms with Crippen molar-refractivity contribution < 1.29 is 9.90 Å². The maximum atomic E-state index is 12.1. The van der Waals surface area contributed by atoms with Gasteiger partial charge in [-0.1, -0.05) is 44.2 Å². The minimum absolute atomic E-state index is 0.000260. The van der Waals surface area contributed by atoms with E-state index < -0.39 is 0 Å². The van der Waals surface area contributed by atoms with E-state index >= 15 is 0 Å². The lowest BCUT2D eigenvalue weighted by Crippen LogP contribution is -2.26. The lowest BCUT2D eigenvalue weighted by Gasteiger charge is -2.17. The number of para-hydroxylation sites is 2. The van der Waals surface area contributed by atoms with Crippen molar-refractivity contribution in [3.05, 3.63) is 60.2 Å². The molecule has 0 aliphatic carbocycles. The van der Waals surface area contributed by atoms with E-state index in [-0.39, 0.29) is 11.7 Å². The van der Waals surface area contributed by atoms with Gasteiger partial charge in [-0.15, -0.1) is 0 Å². The highest BCUT2D eigenvalue weighted by Crippen LogP contribution is 2.20. The average molecular weight is 257 g/mol. The smallest absolute Gasteiger partial charge is 0.261 e. The van der Waals surface area contributed by atoms with Crippen molar-refractivity contribution in [1.29, 1.82) is 0 Å². The molecule has 1 amide bonds. The summed E-state index contributed by atoms with van der Waals surface area (Å²) < 4.78 is 0. The molecule has 2 aromatic carbocycles. The zero-order chi connectivity index (χ0) is 14.3. The van der Waals surface area contributed by atoms with E-state index in [1.54, 1.807) is 25.2 Å². The van der Waals surface area contributed by atoms with Gasteiger partial charge in [-0.05, 0) is 24.3 Å². The minimum atomic E-state index is -0.227. The number of phenolic OH excluding ortho intramolecular Hbond substituents is 1. The standard InChI is InChI=1S/C14H13NO2.C2H6/c1-15(11-7-3-2-4-8-11)14(17)12-9-5-6-10-13(12)16;1-2/h2-10,16H,1H3;1-2H3. The summed E-state index contributed by atoms with van der Waals surface area (Å²) in [6.45, 7) is 4.00. The molecule has 0 saturated carbocycles. The molecule has 2 aromatic rings. The number of hydrogen-bond donors (Lipinski definition) is 1. The molecule has 100 valence electrons. The third-order valence-electron chi connectivity index (χ3n) is 2.58. The quantitative estimate of drug-likeness (QED) is 0.891. The lowest BCUT2D eigenvalue weighted by molar-refractivity contribution is 0.0990. The van der Waals surface area contributed by atoms with Gasteiger partial charge in [-0.3, -0.25) is 4.79 Å². The van der Waals surface area contributed by atoms with E-state index in [0.29, 0.717) is 5.56 Å². The van der Waals surface area contributed by atoms with Crippen molar-refractivity contribution in [1.82, 2.24) is 0 Å². The fourth-order valence-electron chi connectivity index (χ4n) is 1.60. The Hall–Kier alpha value is -2.29. The zero-order valence-electron chi connectivity index (χ0n) is 11.5. The number of aromatic hydroxyl groups is 1. The first-order valence-corrected chi connectivity index (χ1v) is 6.31. The van der Waals surface area contributed by atoms with Gasteiger partial charge < -0.3 is 10.0 Å². The Morgan fingerprint density at radius 1 is 0.947 bits per heavy atom. The van der Waals surface area contributed by atoms with Crippen LogP contribution in [-0.2, 0) is 0 Å². The molecule has 0 heterocycles. The van der Waals surface area contributed by atoms with Gasteiger partial charge in [-0.2, -0.15) is 0 Å². The second-order valence-electron chi connectivity index (χ2n) is 3.72. The third kappa shape index (κ3) is 3.58. The number of rotatable bonds is 2. The van der Waals surface area contributed by atoms with E-state index in [1.807, 2.05) is 44.2 Å². The summed E-state index contributed by atoms with van der Waals surface area (Å²) >= 11 is 0. The highest BCUT2D eigenvalue weighted by molar-refractivity contribution is 6.07. The van der Waals surface area contributed by atoms with E-state index in [1.165, 1.54) is 11.0 Å². The van der Waals surface area contributed by atoms with Crippen LogP contribution < -0.4 is 4.90 Å². The van der Waals surface area contributed by atoms with Crippen molar-refractivity contribution in [3.8, 4) is 5.75 Å².